The first-order valence-corrected chi connectivity index (χ1v) is 7.05. The van der Waals surface area contributed by atoms with E-state index in [0.29, 0.717) is 29.1 Å². The number of methoxy groups -OCH3 is 1. The lowest BCUT2D eigenvalue weighted by Gasteiger charge is -2.06. The van der Waals surface area contributed by atoms with Gasteiger partial charge in [-0.05, 0) is 31.9 Å². The van der Waals surface area contributed by atoms with Crippen molar-refractivity contribution < 1.29 is 14.3 Å². The van der Waals surface area contributed by atoms with Crippen molar-refractivity contribution in [3.05, 3.63) is 57.9 Å². The van der Waals surface area contributed by atoms with Crippen LogP contribution in [0, 0.1) is 20.8 Å². The number of carbonyl (C=O) groups is 2. The van der Waals surface area contributed by atoms with Crippen LogP contribution in [0.25, 0.3) is 0 Å². The van der Waals surface area contributed by atoms with Gasteiger partial charge in [-0.2, -0.15) is 0 Å². The Morgan fingerprint density at radius 3 is 2.36 bits per heavy atom. The summed E-state index contributed by atoms with van der Waals surface area (Å²) < 4.78 is 4.74. The lowest BCUT2D eigenvalue weighted by molar-refractivity contribution is 0.0599. The van der Waals surface area contributed by atoms with Crippen LogP contribution in [0.15, 0.2) is 24.3 Å². The first-order valence-electron chi connectivity index (χ1n) is 7.05. The number of esters is 1. The summed E-state index contributed by atoms with van der Waals surface area (Å²) in [5.74, 6) is -0.680. The maximum atomic E-state index is 12.3. The van der Waals surface area contributed by atoms with Gasteiger partial charge >= 0.3 is 5.97 Å². The number of hydrogen-bond acceptors (Lipinski definition) is 3. The van der Waals surface area contributed by atoms with Crippen molar-refractivity contribution in [2.24, 2.45) is 0 Å². The summed E-state index contributed by atoms with van der Waals surface area (Å²) in [4.78, 5) is 27.0. The van der Waals surface area contributed by atoms with Gasteiger partial charge in [0.2, 0.25) is 0 Å². The Morgan fingerprint density at radius 1 is 1.14 bits per heavy atom. The zero-order valence-electron chi connectivity index (χ0n) is 13.2. The van der Waals surface area contributed by atoms with Crippen molar-refractivity contribution in [1.29, 1.82) is 0 Å². The highest BCUT2D eigenvalue weighted by Crippen LogP contribution is 2.18. The SMILES string of the molecule is COC(=O)c1c(C)[nH]c(C(=O)NCc2ccc(C)cc2)c1C. The minimum atomic E-state index is -0.441. The van der Waals surface area contributed by atoms with Gasteiger partial charge in [0.05, 0.1) is 12.7 Å². The summed E-state index contributed by atoms with van der Waals surface area (Å²) in [5, 5.41) is 2.85. The van der Waals surface area contributed by atoms with Crippen molar-refractivity contribution in [2.45, 2.75) is 27.3 Å². The average Bonchev–Trinajstić information content (AvgIpc) is 2.80. The fourth-order valence-corrected chi connectivity index (χ4v) is 2.36. The summed E-state index contributed by atoms with van der Waals surface area (Å²) >= 11 is 0. The molecule has 1 amide bonds. The van der Waals surface area contributed by atoms with Crippen molar-refractivity contribution >= 4 is 11.9 Å². The highest BCUT2D eigenvalue weighted by molar-refractivity contribution is 6.00. The Hall–Kier alpha value is -2.56. The molecule has 2 aromatic rings. The van der Waals surface area contributed by atoms with E-state index in [1.807, 2.05) is 31.2 Å². The molecular formula is C17H20N2O3. The molecule has 0 radical (unpaired) electrons. The third kappa shape index (κ3) is 3.19. The van der Waals surface area contributed by atoms with Gasteiger partial charge < -0.3 is 15.0 Å². The van der Waals surface area contributed by atoms with E-state index in [2.05, 4.69) is 10.3 Å². The number of hydrogen-bond donors (Lipinski definition) is 2. The lowest BCUT2D eigenvalue weighted by Crippen LogP contribution is -2.24. The molecule has 1 aromatic heterocycles. The number of ether oxygens (including phenoxy) is 1. The summed E-state index contributed by atoms with van der Waals surface area (Å²) in [6.07, 6.45) is 0. The number of aromatic nitrogens is 1. The van der Waals surface area contributed by atoms with E-state index in [1.54, 1.807) is 13.8 Å². The van der Waals surface area contributed by atoms with E-state index in [1.165, 1.54) is 12.7 Å². The molecule has 5 heteroatoms. The molecule has 0 spiro atoms. The summed E-state index contributed by atoms with van der Waals surface area (Å²) in [7, 11) is 1.32. The highest BCUT2D eigenvalue weighted by Gasteiger charge is 2.22. The summed E-state index contributed by atoms with van der Waals surface area (Å²) in [6, 6.07) is 7.95. The largest absolute Gasteiger partial charge is 0.465 e. The molecule has 1 heterocycles. The Kier molecular flexibility index (Phi) is 4.65. The first-order chi connectivity index (χ1) is 10.4. The average molecular weight is 300 g/mol. The van der Waals surface area contributed by atoms with Crippen LogP contribution in [0.5, 0.6) is 0 Å². The fourth-order valence-electron chi connectivity index (χ4n) is 2.36. The van der Waals surface area contributed by atoms with Crippen LogP contribution in [0.1, 0.15) is 43.2 Å². The first kappa shape index (κ1) is 15.8. The second kappa shape index (κ2) is 6.47. The van der Waals surface area contributed by atoms with E-state index >= 15 is 0 Å². The quantitative estimate of drug-likeness (QED) is 0.853. The van der Waals surface area contributed by atoms with Crippen LogP contribution in [0.4, 0.5) is 0 Å². The molecule has 0 saturated heterocycles. The molecule has 0 aliphatic rings. The number of benzene rings is 1. The van der Waals surface area contributed by atoms with E-state index in [-0.39, 0.29) is 5.91 Å². The maximum absolute atomic E-state index is 12.3. The van der Waals surface area contributed by atoms with Crippen LogP contribution in [-0.4, -0.2) is 24.0 Å². The normalized spacial score (nSPS) is 10.4. The van der Waals surface area contributed by atoms with E-state index in [0.717, 1.165) is 5.56 Å². The number of aromatic amines is 1. The Balaban J connectivity index is 2.13. The van der Waals surface area contributed by atoms with Crippen molar-refractivity contribution in [1.82, 2.24) is 10.3 Å². The fraction of sp³-hybridized carbons (Fsp3) is 0.294. The molecule has 0 bridgehead atoms. The van der Waals surface area contributed by atoms with Gasteiger partial charge in [0, 0.05) is 12.2 Å². The zero-order chi connectivity index (χ0) is 16.3. The monoisotopic (exact) mass is 300 g/mol. The molecule has 22 heavy (non-hydrogen) atoms. The molecule has 0 aliphatic carbocycles. The van der Waals surface area contributed by atoms with Crippen LogP contribution in [-0.2, 0) is 11.3 Å². The van der Waals surface area contributed by atoms with E-state index in [4.69, 9.17) is 4.74 Å². The van der Waals surface area contributed by atoms with Gasteiger partial charge in [-0.25, -0.2) is 4.79 Å². The summed E-state index contributed by atoms with van der Waals surface area (Å²) in [6.45, 7) is 5.93. The van der Waals surface area contributed by atoms with Gasteiger partial charge in [0.25, 0.3) is 5.91 Å². The molecule has 1 aromatic carbocycles. The molecule has 0 atom stereocenters. The molecule has 5 nitrogen and oxygen atoms in total. The molecule has 0 saturated carbocycles. The topological polar surface area (TPSA) is 71.2 Å². The van der Waals surface area contributed by atoms with Crippen molar-refractivity contribution in [2.75, 3.05) is 7.11 Å². The Morgan fingerprint density at radius 2 is 1.77 bits per heavy atom. The minimum absolute atomic E-state index is 0.240. The number of nitrogens with one attached hydrogen (secondary N) is 2. The number of amides is 1. The highest BCUT2D eigenvalue weighted by atomic mass is 16.5. The van der Waals surface area contributed by atoms with Crippen LogP contribution >= 0.6 is 0 Å². The Bertz CT molecular complexity index is 699. The van der Waals surface area contributed by atoms with Crippen molar-refractivity contribution in [3.8, 4) is 0 Å². The van der Waals surface area contributed by atoms with Gasteiger partial charge in [-0.1, -0.05) is 29.8 Å². The van der Waals surface area contributed by atoms with Crippen molar-refractivity contribution in [3.63, 3.8) is 0 Å². The smallest absolute Gasteiger partial charge is 0.339 e. The lowest BCUT2D eigenvalue weighted by atomic mass is 10.1. The molecular weight excluding hydrogens is 280 g/mol. The molecule has 2 rings (SSSR count). The predicted molar refractivity (Wildman–Crippen MR) is 84.0 cm³/mol. The Labute approximate surface area is 129 Å². The van der Waals surface area contributed by atoms with Crippen LogP contribution in [0.2, 0.25) is 0 Å². The third-order valence-corrected chi connectivity index (χ3v) is 3.63. The number of carbonyl (C=O) groups excluding carboxylic acids is 2. The molecule has 2 N–H and O–H groups in total. The van der Waals surface area contributed by atoms with Gasteiger partial charge in [0.1, 0.15) is 5.69 Å². The standard InChI is InChI=1S/C17H20N2O3/c1-10-5-7-13(8-6-10)9-18-16(20)15-11(2)14(12(3)19-15)17(21)22-4/h5-8,19H,9H2,1-4H3,(H,18,20). The van der Waals surface area contributed by atoms with Crippen LogP contribution < -0.4 is 5.32 Å². The number of H-pyrrole nitrogens is 1. The molecule has 0 aliphatic heterocycles. The van der Waals surface area contributed by atoms with Gasteiger partial charge in [-0.3, -0.25) is 4.79 Å². The summed E-state index contributed by atoms with van der Waals surface area (Å²) in [5.41, 5.74) is 4.24. The number of rotatable bonds is 4. The maximum Gasteiger partial charge on any atom is 0.339 e. The van der Waals surface area contributed by atoms with E-state index in [9.17, 15) is 9.59 Å². The third-order valence-electron chi connectivity index (χ3n) is 3.63. The molecule has 116 valence electrons. The predicted octanol–water partition coefficient (Wildman–Crippen LogP) is 2.66. The zero-order valence-corrected chi connectivity index (χ0v) is 13.2. The second-order valence-corrected chi connectivity index (χ2v) is 5.28. The number of aryl methyl sites for hydroxylation is 2. The second-order valence-electron chi connectivity index (χ2n) is 5.28. The van der Waals surface area contributed by atoms with Gasteiger partial charge in [0.15, 0.2) is 0 Å². The van der Waals surface area contributed by atoms with Crippen LogP contribution in [0.3, 0.4) is 0 Å². The van der Waals surface area contributed by atoms with Gasteiger partial charge in [-0.15, -0.1) is 0 Å². The molecule has 0 fully saturated rings. The molecule has 0 unspecified atom stereocenters. The minimum Gasteiger partial charge on any atom is -0.465 e. The van der Waals surface area contributed by atoms with E-state index < -0.39 is 5.97 Å².